The van der Waals surface area contributed by atoms with Gasteiger partial charge in [-0.3, -0.25) is 0 Å². The van der Waals surface area contributed by atoms with Gasteiger partial charge >= 0.3 is 7.12 Å². The third kappa shape index (κ3) is 10.4. The fourth-order valence-electron chi connectivity index (χ4n) is 15.2. The molecule has 0 aliphatic heterocycles. The smallest absolute Gasteiger partial charge is 0.436 e. The van der Waals surface area contributed by atoms with Crippen molar-refractivity contribution in [2.24, 2.45) is 0 Å². The van der Waals surface area contributed by atoms with Crippen molar-refractivity contribution in [3.05, 3.63) is 320 Å². The molecule has 0 unspecified atom stereocenters. The molecular weight excluding hydrogens is 1340 g/mol. The molecule has 0 fully saturated rings. The first-order valence-corrected chi connectivity index (χ1v) is 36.4. The molecule has 8 nitrogen and oxygen atoms in total. The highest BCUT2D eigenvalue weighted by Crippen LogP contribution is 2.46. The van der Waals surface area contributed by atoms with Crippen molar-refractivity contribution in [2.45, 2.75) is 0 Å². The number of rotatable bonds is 6. The van der Waals surface area contributed by atoms with Crippen LogP contribution in [0.5, 0.6) is 0 Å². The van der Waals surface area contributed by atoms with Crippen LogP contribution in [0.3, 0.4) is 0 Å². The Morgan fingerprint density at radius 2 is 0.635 bits per heavy atom. The number of furan rings is 2. The van der Waals surface area contributed by atoms with Crippen molar-refractivity contribution in [2.75, 3.05) is 0 Å². The van der Waals surface area contributed by atoms with Gasteiger partial charge in [0.15, 0.2) is 0 Å². The van der Waals surface area contributed by atoms with Crippen molar-refractivity contribution in [1.29, 1.82) is 0 Å². The van der Waals surface area contributed by atoms with Crippen molar-refractivity contribution in [3.8, 4) is 55.6 Å². The minimum atomic E-state index is -1.46. The Hall–Kier alpha value is -12.4. The largest absolute Gasteiger partial charge is 0.488 e. The van der Waals surface area contributed by atoms with Crippen molar-refractivity contribution in [1.82, 2.24) is 19.9 Å². The molecule has 0 bridgehead atoms. The molecule has 0 spiro atoms. The van der Waals surface area contributed by atoms with Gasteiger partial charge in [0.05, 0.1) is 32.8 Å². The molecule has 2 N–H and O–H groups in total. The van der Waals surface area contributed by atoms with Crippen LogP contribution in [-0.4, -0.2) is 37.1 Å². The van der Waals surface area contributed by atoms with Gasteiger partial charge in [-0.1, -0.05) is 266 Å². The lowest BCUT2D eigenvalue weighted by molar-refractivity contribution is 0.426. The Kier molecular flexibility index (Phi) is 14.7. The quantitative estimate of drug-likeness (QED) is 0.125. The van der Waals surface area contributed by atoms with Crippen LogP contribution in [0.1, 0.15) is 0 Å². The predicted octanol–water partition coefficient (Wildman–Crippen LogP) is 24.8. The normalized spacial score (nSPS) is 11.8. The van der Waals surface area contributed by atoms with E-state index in [4.69, 9.17) is 35.4 Å². The molecule has 488 valence electrons. The zero-order chi connectivity index (χ0) is 69.1. The molecule has 0 aliphatic carbocycles. The summed E-state index contributed by atoms with van der Waals surface area (Å²) >= 11 is 9.80. The van der Waals surface area contributed by atoms with E-state index in [0.29, 0.717) is 21.9 Å². The van der Waals surface area contributed by atoms with Crippen LogP contribution in [0.15, 0.2) is 324 Å². The number of halogens is 1. The molecule has 0 saturated carbocycles. The molecule has 0 saturated heterocycles. The monoisotopic (exact) mass is 1390 g/mol. The van der Waals surface area contributed by atoms with E-state index in [1.54, 1.807) is 6.07 Å². The second-order valence-corrected chi connectivity index (χ2v) is 28.7. The van der Waals surface area contributed by atoms with E-state index in [1.807, 2.05) is 71.2 Å². The van der Waals surface area contributed by atoms with Gasteiger partial charge < -0.3 is 18.9 Å². The predicted molar refractivity (Wildman–Crippen MR) is 438 cm³/mol. The van der Waals surface area contributed by atoms with Crippen LogP contribution < -0.4 is 5.46 Å². The van der Waals surface area contributed by atoms with Crippen molar-refractivity contribution in [3.63, 3.8) is 0 Å². The number of benzene rings is 16. The van der Waals surface area contributed by atoms with Gasteiger partial charge in [0.2, 0.25) is 11.4 Å². The minimum absolute atomic E-state index is 0.495. The molecule has 0 radical (unpaired) electrons. The lowest BCUT2D eigenvalue weighted by Gasteiger charge is -2.10. The second kappa shape index (κ2) is 25.0. The van der Waals surface area contributed by atoms with Crippen LogP contribution in [-0.2, 0) is 0 Å². The maximum atomic E-state index is 9.47. The van der Waals surface area contributed by atoms with E-state index in [0.717, 1.165) is 104 Å². The number of fused-ring (bicyclic) bond motifs is 24. The summed E-state index contributed by atoms with van der Waals surface area (Å²) in [5, 5.41) is 36.0. The first-order chi connectivity index (χ1) is 51.3. The summed E-state index contributed by atoms with van der Waals surface area (Å²) < 4.78 is 18.0. The molecule has 22 rings (SSSR count). The highest BCUT2D eigenvalue weighted by Gasteiger charge is 2.22. The number of aromatic nitrogens is 4. The van der Waals surface area contributed by atoms with E-state index in [9.17, 15) is 10.0 Å². The van der Waals surface area contributed by atoms with E-state index in [-0.39, 0.29) is 0 Å². The molecular formula is C92H54BClN4O4S2. The van der Waals surface area contributed by atoms with E-state index in [2.05, 4.69) is 266 Å². The van der Waals surface area contributed by atoms with Gasteiger partial charge in [-0.25, -0.2) is 19.9 Å². The molecule has 0 aliphatic rings. The first kappa shape index (κ1) is 61.4. The summed E-state index contributed by atoms with van der Waals surface area (Å²) in [6.45, 7) is 0. The summed E-state index contributed by atoms with van der Waals surface area (Å²) in [5.74, 6) is 0. The molecule has 0 atom stereocenters. The number of hydrogen-bond donors (Lipinski definition) is 2. The molecule has 16 aromatic carbocycles. The standard InChI is InChI=1S/C46H26N2OS.C24H17BO2S.C22H11ClN2O/c1-3-17-36-33(14-1)34-15-2-4-18-37(34)44-42(36)43-46(49-44)48-40-26-30(22-23-39(40)47-43)28-11-7-10-27(24-28)29-12-8-13-31(25-29)32-19-9-20-38-35-16-5-6-21-41(35)50-45(32)38;26-25(27)19-9-4-7-17(15-19)16-6-3-8-18(14-16)20-11-5-12-22-21-10-1-2-13-23(21)28-24(20)22;23-12-9-10-17-18(11-12)25-22-20(24-17)19-15-7-3-1-5-13(15)14-6-2-4-8-16(14)21(19)26-22/h1-26H;1-15,26-27H;1-11H. The number of nitrogens with zero attached hydrogens (tertiary/aromatic N) is 4. The lowest BCUT2D eigenvalue weighted by atomic mass is 9.79. The Bertz CT molecular complexity index is 7280. The highest BCUT2D eigenvalue weighted by molar-refractivity contribution is 7.26. The summed E-state index contributed by atoms with van der Waals surface area (Å²) in [7, 11) is -1.46. The Labute approximate surface area is 607 Å². The minimum Gasteiger partial charge on any atom is -0.436 e. The van der Waals surface area contributed by atoms with Gasteiger partial charge in [-0.2, -0.15) is 0 Å². The molecule has 104 heavy (non-hydrogen) atoms. The van der Waals surface area contributed by atoms with Crippen molar-refractivity contribution >= 4 is 197 Å². The molecule has 22 aromatic rings. The Balaban J connectivity index is 0.000000113. The van der Waals surface area contributed by atoms with E-state index in [1.165, 1.54) is 89.7 Å². The van der Waals surface area contributed by atoms with E-state index >= 15 is 0 Å². The summed E-state index contributed by atoms with van der Waals surface area (Å²) in [6, 6.07) is 109. The van der Waals surface area contributed by atoms with Crippen LogP contribution in [0, 0.1) is 0 Å². The first-order valence-electron chi connectivity index (χ1n) is 34.4. The highest BCUT2D eigenvalue weighted by atomic mass is 35.5. The van der Waals surface area contributed by atoms with Gasteiger partial charge in [0.25, 0.3) is 0 Å². The zero-order valence-corrected chi connectivity index (χ0v) is 57.7. The maximum Gasteiger partial charge on any atom is 0.488 e. The third-order valence-corrected chi connectivity index (χ3v) is 22.7. The Morgan fingerprint density at radius 1 is 0.279 bits per heavy atom. The average Bonchev–Trinajstić information content (AvgIpc) is 1.65. The molecule has 6 aromatic heterocycles. The zero-order valence-electron chi connectivity index (χ0n) is 55.3. The summed E-state index contributed by atoms with van der Waals surface area (Å²) in [4.78, 5) is 19.7. The van der Waals surface area contributed by atoms with Crippen LogP contribution >= 0.6 is 34.3 Å². The van der Waals surface area contributed by atoms with Gasteiger partial charge in [0, 0.05) is 56.1 Å². The summed E-state index contributed by atoms with van der Waals surface area (Å²) in [5.41, 5.74) is 19.5. The fraction of sp³-hybridized carbons (Fsp3) is 0. The number of thiophene rings is 2. The van der Waals surface area contributed by atoms with Crippen molar-refractivity contribution < 1.29 is 18.9 Å². The molecule has 0 amide bonds. The molecule has 12 heteroatoms. The van der Waals surface area contributed by atoms with Gasteiger partial charge in [-0.15, -0.1) is 22.7 Å². The number of hydrogen-bond acceptors (Lipinski definition) is 10. The maximum absolute atomic E-state index is 9.47. The third-order valence-electron chi connectivity index (χ3n) is 20.1. The average molecular weight is 1390 g/mol. The SMILES string of the molecule is Clc1ccc2nc3c(nc2c1)oc1c2ccccc2c2ccccc2c31.OB(O)c1cccc(-c2cccc(-c3cccc4c3sc3ccccc34)c2)c1.c1cc(-c2cccc(-c3cccc4c3sc3ccccc34)c2)cc(-c2ccc3nc4c(nc3c2)oc2c3ccccc3c3ccccc3c42)c1. The molecule has 6 heterocycles. The van der Waals surface area contributed by atoms with Crippen LogP contribution in [0.25, 0.3) is 206 Å². The van der Waals surface area contributed by atoms with Crippen LogP contribution in [0.2, 0.25) is 5.02 Å². The van der Waals surface area contributed by atoms with Gasteiger partial charge in [0.1, 0.15) is 22.2 Å². The van der Waals surface area contributed by atoms with Crippen LogP contribution in [0.4, 0.5) is 0 Å². The second-order valence-electron chi connectivity index (χ2n) is 26.2. The lowest BCUT2D eigenvalue weighted by Crippen LogP contribution is -2.29. The fourth-order valence-corrected chi connectivity index (χ4v) is 17.9. The van der Waals surface area contributed by atoms with Gasteiger partial charge in [-0.05, 0) is 154 Å². The Morgan fingerprint density at radius 3 is 1.12 bits per heavy atom. The summed E-state index contributed by atoms with van der Waals surface area (Å²) in [6.07, 6.45) is 0. The van der Waals surface area contributed by atoms with E-state index < -0.39 is 7.12 Å². The topological polar surface area (TPSA) is 118 Å².